The first kappa shape index (κ1) is 13.8. The lowest BCUT2D eigenvalue weighted by Gasteiger charge is -2.08. The van der Waals surface area contributed by atoms with Crippen molar-refractivity contribution in [3.63, 3.8) is 0 Å². The van der Waals surface area contributed by atoms with Crippen LogP contribution in [0.5, 0.6) is 11.5 Å². The number of hydrogen-bond acceptors (Lipinski definition) is 3. The van der Waals surface area contributed by atoms with Crippen LogP contribution in [0.2, 0.25) is 0 Å². The van der Waals surface area contributed by atoms with E-state index in [9.17, 15) is 15.0 Å². The van der Waals surface area contributed by atoms with Gasteiger partial charge in [0.2, 0.25) is 0 Å². The Bertz CT molecular complexity index is 393. The Balaban J connectivity index is 2.50. The molecule has 17 heavy (non-hydrogen) atoms. The van der Waals surface area contributed by atoms with Crippen LogP contribution in [0, 0.1) is 0 Å². The van der Waals surface area contributed by atoms with Gasteiger partial charge in [-0.3, -0.25) is 4.79 Å². The maximum Gasteiger partial charge on any atom is 0.255 e. The highest BCUT2D eigenvalue weighted by Gasteiger charge is 2.12. The van der Waals surface area contributed by atoms with Gasteiger partial charge in [-0.2, -0.15) is 0 Å². The first-order chi connectivity index (χ1) is 8.02. The van der Waals surface area contributed by atoms with Crippen LogP contribution < -0.4 is 5.32 Å². The largest absolute Gasteiger partial charge is 0.504 e. The molecule has 1 amide bonds. The van der Waals surface area contributed by atoms with Gasteiger partial charge >= 0.3 is 0 Å². The number of para-hydroxylation sites is 1. The molecule has 0 heterocycles. The number of nitrogens with one attached hydrogen (secondary N) is 1. The summed E-state index contributed by atoms with van der Waals surface area (Å²) in [6.45, 7) is 2.59. The zero-order chi connectivity index (χ0) is 12.8. The molecule has 1 aromatic rings. The van der Waals surface area contributed by atoms with Gasteiger partial charge in [0, 0.05) is 11.4 Å². The van der Waals surface area contributed by atoms with Crippen LogP contribution >= 0.6 is 15.9 Å². The number of phenols is 2. The van der Waals surface area contributed by atoms with Gasteiger partial charge in [-0.1, -0.05) is 28.9 Å². The van der Waals surface area contributed by atoms with Crippen LogP contribution in [0.1, 0.15) is 30.1 Å². The normalized spacial score (nSPS) is 12.1. The van der Waals surface area contributed by atoms with Crippen LogP contribution in [-0.2, 0) is 0 Å². The average Bonchev–Trinajstić information content (AvgIpc) is 2.27. The molecule has 0 aliphatic carbocycles. The molecule has 0 fully saturated rings. The van der Waals surface area contributed by atoms with Crippen molar-refractivity contribution in [1.29, 1.82) is 0 Å². The van der Waals surface area contributed by atoms with Crippen LogP contribution in [0.3, 0.4) is 0 Å². The van der Waals surface area contributed by atoms with Crippen molar-refractivity contribution in [2.45, 2.75) is 24.6 Å². The van der Waals surface area contributed by atoms with Crippen molar-refractivity contribution in [2.75, 3.05) is 6.54 Å². The summed E-state index contributed by atoms with van der Waals surface area (Å²) in [6.07, 6.45) is 1.82. The van der Waals surface area contributed by atoms with Crippen LogP contribution in [-0.4, -0.2) is 27.5 Å². The third-order valence-electron chi connectivity index (χ3n) is 2.32. The third-order valence-corrected chi connectivity index (χ3v) is 2.78. The molecule has 1 unspecified atom stereocenters. The molecule has 3 N–H and O–H groups in total. The molecule has 0 saturated heterocycles. The fraction of sp³-hybridized carbons (Fsp3) is 0.417. The smallest absolute Gasteiger partial charge is 0.255 e. The summed E-state index contributed by atoms with van der Waals surface area (Å²) in [5.41, 5.74) is 0.0943. The van der Waals surface area contributed by atoms with Gasteiger partial charge in [-0.25, -0.2) is 0 Å². The second-order valence-electron chi connectivity index (χ2n) is 3.85. The number of amides is 1. The monoisotopic (exact) mass is 301 g/mol. The number of alkyl halides is 1. The van der Waals surface area contributed by atoms with Gasteiger partial charge < -0.3 is 15.5 Å². The minimum Gasteiger partial charge on any atom is -0.504 e. The molecule has 0 aliphatic rings. The van der Waals surface area contributed by atoms with Crippen molar-refractivity contribution in [2.24, 2.45) is 0 Å². The van der Waals surface area contributed by atoms with E-state index in [1.54, 1.807) is 0 Å². The van der Waals surface area contributed by atoms with Crippen LogP contribution in [0.4, 0.5) is 0 Å². The second kappa shape index (κ2) is 6.49. The summed E-state index contributed by atoms with van der Waals surface area (Å²) < 4.78 is 0. The average molecular weight is 302 g/mol. The molecule has 1 rings (SSSR count). The molecule has 1 aromatic carbocycles. The SMILES string of the molecule is CC(Br)CCCNC(=O)c1cccc(O)c1O. The number of carbonyl (C=O) groups excluding carboxylic acids is 1. The summed E-state index contributed by atoms with van der Waals surface area (Å²) >= 11 is 3.42. The van der Waals surface area contributed by atoms with Crippen molar-refractivity contribution in [1.82, 2.24) is 5.32 Å². The van der Waals surface area contributed by atoms with E-state index in [1.165, 1.54) is 18.2 Å². The van der Waals surface area contributed by atoms with E-state index in [1.807, 2.05) is 6.92 Å². The van der Waals surface area contributed by atoms with Gasteiger partial charge in [-0.15, -0.1) is 0 Å². The predicted octanol–water partition coefficient (Wildman–Crippen LogP) is 2.39. The molecule has 94 valence electrons. The maximum atomic E-state index is 11.7. The molecular formula is C12H16BrNO3. The Morgan fingerprint density at radius 3 is 2.82 bits per heavy atom. The highest BCUT2D eigenvalue weighted by molar-refractivity contribution is 9.09. The van der Waals surface area contributed by atoms with E-state index in [4.69, 9.17) is 0 Å². The Kier molecular flexibility index (Phi) is 5.28. The Morgan fingerprint density at radius 1 is 1.47 bits per heavy atom. The molecule has 0 bridgehead atoms. The standard InChI is InChI=1S/C12H16BrNO3/c1-8(13)4-3-7-14-12(17)9-5-2-6-10(15)11(9)16/h2,5-6,8,15-16H,3-4,7H2,1H3,(H,14,17). The number of carbonyl (C=O) groups is 1. The zero-order valence-corrected chi connectivity index (χ0v) is 11.2. The Labute approximate surface area is 109 Å². The summed E-state index contributed by atoms with van der Waals surface area (Å²) in [5, 5.41) is 21.4. The second-order valence-corrected chi connectivity index (χ2v) is 5.42. The van der Waals surface area contributed by atoms with E-state index < -0.39 is 0 Å². The number of hydrogen-bond donors (Lipinski definition) is 3. The number of benzene rings is 1. The summed E-state index contributed by atoms with van der Waals surface area (Å²) in [4.78, 5) is 12.1. The molecule has 0 aliphatic heterocycles. The topological polar surface area (TPSA) is 69.6 Å². The zero-order valence-electron chi connectivity index (χ0n) is 9.61. The van der Waals surface area contributed by atoms with Crippen LogP contribution in [0.25, 0.3) is 0 Å². The molecule has 1 atom stereocenters. The number of rotatable bonds is 5. The van der Waals surface area contributed by atoms with E-state index in [2.05, 4.69) is 21.2 Å². The number of halogens is 1. The first-order valence-electron chi connectivity index (χ1n) is 5.45. The van der Waals surface area contributed by atoms with E-state index in [0.717, 1.165) is 12.8 Å². The number of phenolic OH excluding ortho intramolecular Hbond substituents is 2. The minimum atomic E-state index is -0.376. The van der Waals surface area contributed by atoms with Gasteiger partial charge in [0.25, 0.3) is 5.91 Å². The fourth-order valence-corrected chi connectivity index (χ4v) is 1.72. The molecule has 5 heteroatoms. The molecule has 4 nitrogen and oxygen atoms in total. The van der Waals surface area contributed by atoms with Crippen LogP contribution in [0.15, 0.2) is 18.2 Å². The highest BCUT2D eigenvalue weighted by atomic mass is 79.9. The molecule has 0 spiro atoms. The fourth-order valence-electron chi connectivity index (χ4n) is 1.40. The minimum absolute atomic E-state index is 0.0943. The van der Waals surface area contributed by atoms with Gasteiger partial charge in [0.15, 0.2) is 11.5 Å². The molecular weight excluding hydrogens is 286 g/mol. The Hall–Kier alpha value is -1.23. The predicted molar refractivity (Wildman–Crippen MR) is 69.7 cm³/mol. The lowest BCUT2D eigenvalue weighted by Crippen LogP contribution is -2.24. The number of aromatic hydroxyl groups is 2. The van der Waals surface area contributed by atoms with E-state index in [-0.39, 0.29) is 23.0 Å². The highest BCUT2D eigenvalue weighted by Crippen LogP contribution is 2.27. The first-order valence-corrected chi connectivity index (χ1v) is 6.37. The van der Waals surface area contributed by atoms with Crippen molar-refractivity contribution < 1.29 is 15.0 Å². The van der Waals surface area contributed by atoms with Crippen molar-refractivity contribution in [3.05, 3.63) is 23.8 Å². The lowest BCUT2D eigenvalue weighted by molar-refractivity contribution is 0.0949. The third kappa shape index (κ3) is 4.26. The molecule has 0 aromatic heterocycles. The quantitative estimate of drug-likeness (QED) is 0.444. The van der Waals surface area contributed by atoms with Gasteiger partial charge in [-0.05, 0) is 25.0 Å². The summed E-state index contributed by atoms with van der Waals surface area (Å²) in [6, 6.07) is 4.32. The molecule has 0 radical (unpaired) electrons. The van der Waals surface area contributed by atoms with E-state index >= 15 is 0 Å². The summed E-state index contributed by atoms with van der Waals surface area (Å²) in [5.74, 6) is -1.04. The van der Waals surface area contributed by atoms with Crippen molar-refractivity contribution >= 4 is 21.8 Å². The molecule has 0 saturated carbocycles. The van der Waals surface area contributed by atoms with Gasteiger partial charge in [0.05, 0.1) is 5.56 Å². The van der Waals surface area contributed by atoms with E-state index in [0.29, 0.717) is 11.4 Å². The summed E-state index contributed by atoms with van der Waals surface area (Å²) in [7, 11) is 0. The Morgan fingerprint density at radius 2 is 2.18 bits per heavy atom. The maximum absolute atomic E-state index is 11.7. The lowest BCUT2D eigenvalue weighted by atomic mass is 10.1. The van der Waals surface area contributed by atoms with Gasteiger partial charge in [0.1, 0.15) is 0 Å². The van der Waals surface area contributed by atoms with Crippen molar-refractivity contribution in [3.8, 4) is 11.5 Å².